The highest BCUT2D eigenvalue weighted by Gasteiger charge is 2.33. The van der Waals surface area contributed by atoms with Gasteiger partial charge in [0.2, 0.25) is 5.62 Å². The number of hydrogen-bond donors (Lipinski definition) is 3. The first kappa shape index (κ1) is 24.5. The molecule has 3 N–H and O–H groups in total. The predicted octanol–water partition coefficient (Wildman–Crippen LogP) is 4.76. The van der Waals surface area contributed by atoms with Crippen molar-refractivity contribution in [3.63, 3.8) is 0 Å². The van der Waals surface area contributed by atoms with Crippen LogP contribution in [0.5, 0.6) is 0 Å². The zero-order valence-electron chi connectivity index (χ0n) is 21.9. The van der Waals surface area contributed by atoms with Crippen LogP contribution in [0.1, 0.15) is 41.3 Å². The molecule has 0 radical (unpaired) electrons. The molecule has 194 valence electrons. The van der Waals surface area contributed by atoms with Gasteiger partial charge in [-0.25, -0.2) is 4.98 Å². The molecule has 2 aromatic carbocycles. The van der Waals surface area contributed by atoms with Crippen molar-refractivity contribution in [1.29, 1.82) is 5.41 Å². The maximum atomic E-state index is 11.7. The molecule has 38 heavy (non-hydrogen) atoms. The molecule has 0 unspecified atom stereocenters. The van der Waals surface area contributed by atoms with Crippen LogP contribution in [0, 0.1) is 19.3 Å². The maximum Gasteiger partial charge on any atom is 0.225 e. The second-order valence-electron chi connectivity index (χ2n) is 10.2. The van der Waals surface area contributed by atoms with Crippen molar-refractivity contribution in [2.75, 3.05) is 18.3 Å². The Labute approximate surface area is 222 Å². The van der Waals surface area contributed by atoms with Crippen LogP contribution in [-0.4, -0.2) is 37.8 Å². The van der Waals surface area contributed by atoms with E-state index >= 15 is 0 Å². The van der Waals surface area contributed by atoms with Crippen molar-refractivity contribution in [3.8, 4) is 22.4 Å². The summed E-state index contributed by atoms with van der Waals surface area (Å²) in [5.74, 6) is 1.06. The van der Waals surface area contributed by atoms with Gasteiger partial charge in [0.05, 0.1) is 11.3 Å². The normalized spacial score (nSPS) is 16.1. The van der Waals surface area contributed by atoms with Crippen molar-refractivity contribution < 1.29 is 5.21 Å². The molecular formula is C30H33N7O. The number of piperidine rings is 1. The van der Waals surface area contributed by atoms with Crippen molar-refractivity contribution in [2.24, 2.45) is 0 Å². The van der Waals surface area contributed by atoms with Crippen molar-refractivity contribution in [2.45, 2.75) is 45.8 Å². The molecule has 6 rings (SSSR count). The summed E-state index contributed by atoms with van der Waals surface area (Å²) in [6.45, 7) is 6.87. The number of hydrogen-bond acceptors (Lipinski definition) is 7. The summed E-state index contributed by atoms with van der Waals surface area (Å²) >= 11 is 0. The van der Waals surface area contributed by atoms with Crippen LogP contribution in [0.2, 0.25) is 0 Å². The number of anilines is 1. The van der Waals surface area contributed by atoms with Gasteiger partial charge in [0.15, 0.2) is 5.82 Å². The van der Waals surface area contributed by atoms with Crippen LogP contribution in [0.3, 0.4) is 0 Å². The lowest BCUT2D eigenvalue weighted by Crippen LogP contribution is -2.35. The number of benzene rings is 2. The van der Waals surface area contributed by atoms with Crippen LogP contribution in [0.4, 0.5) is 5.82 Å². The molecule has 1 saturated heterocycles. The zero-order chi connectivity index (χ0) is 26.2. The molecule has 8 nitrogen and oxygen atoms in total. The van der Waals surface area contributed by atoms with Crippen LogP contribution in [0.25, 0.3) is 22.4 Å². The summed E-state index contributed by atoms with van der Waals surface area (Å²) in [6.07, 6.45) is 2.22. The molecule has 2 aliphatic heterocycles. The molecule has 0 atom stereocenters. The van der Waals surface area contributed by atoms with Crippen LogP contribution in [-0.2, 0) is 13.2 Å². The average molecular weight is 508 g/mol. The minimum absolute atomic E-state index is 0.110. The van der Waals surface area contributed by atoms with E-state index in [1.165, 1.54) is 16.3 Å². The third-order valence-electron chi connectivity index (χ3n) is 7.56. The van der Waals surface area contributed by atoms with Crippen LogP contribution < -0.4 is 16.1 Å². The fourth-order valence-electron chi connectivity index (χ4n) is 5.83. The Hall–Kier alpha value is -3.85. The predicted molar refractivity (Wildman–Crippen MR) is 147 cm³/mol. The van der Waals surface area contributed by atoms with E-state index in [0.29, 0.717) is 30.6 Å². The highest BCUT2D eigenvalue weighted by atomic mass is 16.6. The number of aromatic nitrogens is 3. The second kappa shape index (κ2) is 10.1. The van der Waals surface area contributed by atoms with E-state index in [9.17, 15) is 5.21 Å². The minimum Gasteiger partial charge on any atom is -0.317 e. The smallest absolute Gasteiger partial charge is 0.225 e. The number of pyridine rings is 1. The summed E-state index contributed by atoms with van der Waals surface area (Å²) in [6, 6.07) is 22.5. The highest BCUT2D eigenvalue weighted by molar-refractivity contribution is 5.88. The molecule has 2 aromatic heterocycles. The number of aryl methyl sites for hydroxylation is 2. The Balaban J connectivity index is 1.45. The summed E-state index contributed by atoms with van der Waals surface area (Å²) in [4.78, 5) is 9.32. The quantitative estimate of drug-likeness (QED) is 0.361. The van der Waals surface area contributed by atoms with Gasteiger partial charge < -0.3 is 5.32 Å². The SMILES string of the molecule is Cc1cc(-c2c(-c3ccccc3)nc(=N)n3c2N(O)N(Cc2ccccc2C2CCNCC2)C3)cc(C)n1. The fourth-order valence-corrected chi connectivity index (χ4v) is 5.83. The second-order valence-corrected chi connectivity index (χ2v) is 10.2. The van der Waals surface area contributed by atoms with Crippen molar-refractivity contribution in [1.82, 2.24) is 24.9 Å². The van der Waals surface area contributed by atoms with E-state index in [1.54, 1.807) is 4.57 Å². The standard InChI is InChI=1S/C30H33N7O/c1-20-16-25(17-21(2)33-20)27-28(23-8-4-3-5-9-23)34-30(31)36-19-35(37(38)29(27)36)18-24-10-6-7-11-26(24)22-12-14-32-15-13-22/h3-11,16-17,22,31-32,38H,12-15,18-19H2,1-2H3. The third kappa shape index (κ3) is 4.51. The summed E-state index contributed by atoms with van der Waals surface area (Å²) in [5, 5.41) is 27.1. The molecule has 0 spiro atoms. The number of nitrogens with zero attached hydrogens (tertiary/aromatic N) is 5. The first-order valence-corrected chi connectivity index (χ1v) is 13.2. The van der Waals surface area contributed by atoms with Gasteiger partial charge in [-0.3, -0.25) is 20.2 Å². The third-order valence-corrected chi connectivity index (χ3v) is 7.56. The lowest BCUT2D eigenvalue weighted by atomic mass is 9.87. The molecule has 0 amide bonds. The summed E-state index contributed by atoms with van der Waals surface area (Å²) in [7, 11) is 0. The van der Waals surface area contributed by atoms with E-state index in [-0.39, 0.29) is 5.62 Å². The monoisotopic (exact) mass is 507 g/mol. The topological polar surface area (TPSA) is 93.3 Å². The molecule has 4 aromatic rings. The largest absolute Gasteiger partial charge is 0.317 e. The van der Waals surface area contributed by atoms with E-state index in [1.807, 2.05) is 61.3 Å². The molecule has 8 heteroatoms. The number of hydrazine groups is 1. The first-order chi connectivity index (χ1) is 18.5. The Bertz CT molecular complexity index is 1510. The van der Waals surface area contributed by atoms with Crippen molar-refractivity contribution >= 4 is 5.82 Å². The van der Waals surface area contributed by atoms with Gasteiger partial charge in [-0.05, 0) is 74.5 Å². The van der Waals surface area contributed by atoms with Gasteiger partial charge in [0, 0.05) is 23.5 Å². The van der Waals surface area contributed by atoms with Gasteiger partial charge in [-0.1, -0.05) is 54.6 Å². The lowest BCUT2D eigenvalue weighted by molar-refractivity contribution is 0.0621. The van der Waals surface area contributed by atoms with Crippen LogP contribution in [0.15, 0.2) is 66.7 Å². The van der Waals surface area contributed by atoms with E-state index < -0.39 is 0 Å². The van der Waals surface area contributed by atoms with E-state index in [4.69, 9.17) is 10.4 Å². The van der Waals surface area contributed by atoms with E-state index in [0.717, 1.165) is 54.0 Å². The Morgan fingerprint density at radius 2 is 1.61 bits per heavy atom. The zero-order valence-corrected chi connectivity index (χ0v) is 21.9. The fraction of sp³-hybridized carbons (Fsp3) is 0.300. The van der Waals surface area contributed by atoms with Gasteiger partial charge >= 0.3 is 0 Å². The lowest BCUT2D eigenvalue weighted by Gasteiger charge is -2.28. The molecule has 0 saturated carbocycles. The number of nitrogens with one attached hydrogen (secondary N) is 2. The minimum atomic E-state index is 0.110. The van der Waals surface area contributed by atoms with Gasteiger partial charge in [-0.2, -0.15) is 10.2 Å². The molecule has 4 heterocycles. The van der Waals surface area contributed by atoms with Gasteiger partial charge in [0.25, 0.3) is 0 Å². The Kier molecular flexibility index (Phi) is 6.53. The Morgan fingerprint density at radius 3 is 2.34 bits per heavy atom. The van der Waals surface area contributed by atoms with Crippen molar-refractivity contribution in [3.05, 3.63) is 94.9 Å². The van der Waals surface area contributed by atoms with E-state index in [2.05, 4.69) is 34.6 Å². The first-order valence-electron chi connectivity index (χ1n) is 13.2. The van der Waals surface area contributed by atoms with Crippen LogP contribution >= 0.6 is 0 Å². The molecule has 2 aliphatic rings. The molecule has 0 aliphatic carbocycles. The number of fused-ring (bicyclic) bond motifs is 1. The summed E-state index contributed by atoms with van der Waals surface area (Å²) < 4.78 is 1.78. The number of rotatable bonds is 5. The van der Waals surface area contributed by atoms with Gasteiger partial charge in [0.1, 0.15) is 6.67 Å². The van der Waals surface area contributed by atoms with Gasteiger partial charge in [-0.15, -0.1) is 0 Å². The molecule has 0 bridgehead atoms. The average Bonchev–Trinajstić information content (AvgIpc) is 3.25. The summed E-state index contributed by atoms with van der Waals surface area (Å²) in [5.41, 5.74) is 7.71. The Morgan fingerprint density at radius 1 is 0.921 bits per heavy atom. The molecule has 1 fully saturated rings. The maximum absolute atomic E-state index is 11.7. The highest BCUT2D eigenvalue weighted by Crippen LogP contribution is 2.41. The molecular weight excluding hydrogens is 474 g/mol.